The van der Waals surface area contributed by atoms with E-state index in [-0.39, 0.29) is 18.2 Å². The van der Waals surface area contributed by atoms with Crippen LogP contribution in [0.15, 0.2) is 30.3 Å². The van der Waals surface area contributed by atoms with E-state index in [1.807, 2.05) is 30.3 Å². The molecule has 0 amide bonds. The minimum Gasteiger partial charge on any atom is -0.354 e. The number of methoxy groups -OCH3 is 1. The number of ether oxygens (including phenoxy) is 4. The van der Waals surface area contributed by atoms with Gasteiger partial charge in [0.1, 0.15) is 12.2 Å². The van der Waals surface area contributed by atoms with Crippen molar-refractivity contribution in [2.45, 2.75) is 36.9 Å². The van der Waals surface area contributed by atoms with Crippen molar-refractivity contribution < 1.29 is 18.9 Å². The van der Waals surface area contributed by atoms with Crippen LogP contribution in [-0.4, -0.2) is 44.3 Å². The highest BCUT2D eigenvalue weighted by Crippen LogP contribution is 2.32. The molecule has 0 saturated carbocycles. The molecule has 2 aliphatic heterocycles. The molecule has 6 nitrogen and oxygen atoms in total. The van der Waals surface area contributed by atoms with E-state index < -0.39 is 18.6 Å². The van der Waals surface area contributed by atoms with Crippen LogP contribution in [-0.2, 0) is 18.9 Å². The second kappa shape index (κ2) is 5.77. The van der Waals surface area contributed by atoms with Crippen LogP contribution in [0.25, 0.3) is 0 Å². The fourth-order valence-corrected chi connectivity index (χ4v) is 2.66. The van der Waals surface area contributed by atoms with E-state index in [0.29, 0.717) is 6.61 Å². The lowest BCUT2D eigenvalue weighted by Crippen LogP contribution is -2.67. The van der Waals surface area contributed by atoms with Gasteiger partial charge in [-0.15, -0.1) is 0 Å². The summed E-state index contributed by atoms with van der Waals surface area (Å²) in [6, 6.07) is 8.97. The summed E-state index contributed by atoms with van der Waals surface area (Å²) in [7, 11) is 1.55. The first-order valence-corrected chi connectivity index (χ1v) is 6.72. The van der Waals surface area contributed by atoms with Gasteiger partial charge in [0.15, 0.2) is 12.6 Å². The average molecular weight is 280 g/mol. The summed E-state index contributed by atoms with van der Waals surface area (Å²) in [5.41, 5.74) is 13.2. The Balaban J connectivity index is 1.74. The van der Waals surface area contributed by atoms with E-state index >= 15 is 0 Å². The first-order chi connectivity index (χ1) is 9.70. The molecule has 6 atom stereocenters. The molecule has 0 aromatic heterocycles. The van der Waals surface area contributed by atoms with Crippen molar-refractivity contribution in [1.29, 1.82) is 0 Å². The molecule has 0 aliphatic carbocycles. The largest absolute Gasteiger partial charge is 0.354 e. The Labute approximate surface area is 117 Å². The zero-order valence-corrected chi connectivity index (χ0v) is 11.3. The highest BCUT2D eigenvalue weighted by Gasteiger charge is 2.47. The van der Waals surface area contributed by atoms with Gasteiger partial charge in [0.2, 0.25) is 0 Å². The Morgan fingerprint density at radius 3 is 2.55 bits per heavy atom. The molecule has 2 aliphatic rings. The molecular weight excluding hydrogens is 260 g/mol. The molecule has 0 unspecified atom stereocenters. The molecule has 3 rings (SSSR count). The summed E-state index contributed by atoms with van der Waals surface area (Å²) >= 11 is 0. The van der Waals surface area contributed by atoms with Crippen molar-refractivity contribution in [2.24, 2.45) is 11.5 Å². The van der Waals surface area contributed by atoms with Crippen LogP contribution in [0.4, 0.5) is 0 Å². The molecule has 2 saturated heterocycles. The third-order valence-electron chi connectivity index (χ3n) is 3.81. The highest BCUT2D eigenvalue weighted by molar-refractivity contribution is 5.16. The summed E-state index contributed by atoms with van der Waals surface area (Å²) in [4.78, 5) is 0. The molecule has 2 heterocycles. The third-order valence-corrected chi connectivity index (χ3v) is 3.81. The van der Waals surface area contributed by atoms with Crippen LogP contribution in [0.1, 0.15) is 11.9 Å². The summed E-state index contributed by atoms with van der Waals surface area (Å²) < 4.78 is 22.6. The van der Waals surface area contributed by atoms with Gasteiger partial charge >= 0.3 is 0 Å². The topological polar surface area (TPSA) is 89.0 Å². The standard InChI is InChI=1S/C14H20N2O4/c1-17-14-11(16)10(15)12-9(19-14)7-18-13(20-12)8-5-3-2-4-6-8/h2-6,9-14H,7,15-16H2,1H3/t9-,10-,11-,12+,13-,14+/m0/s1. The van der Waals surface area contributed by atoms with Crippen LogP contribution < -0.4 is 11.5 Å². The van der Waals surface area contributed by atoms with E-state index in [0.717, 1.165) is 5.56 Å². The maximum Gasteiger partial charge on any atom is 0.184 e. The van der Waals surface area contributed by atoms with Gasteiger partial charge in [0.25, 0.3) is 0 Å². The number of benzene rings is 1. The number of rotatable bonds is 2. The summed E-state index contributed by atoms with van der Waals surface area (Å²) in [6.45, 7) is 0.407. The first kappa shape index (κ1) is 13.9. The van der Waals surface area contributed by atoms with Gasteiger partial charge in [-0.3, -0.25) is 0 Å². The van der Waals surface area contributed by atoms with Gasteiger partial charge < -0.3 is 30.4 Å². The summed E-state index contributed by atoms with van der Waals surface area (Å²) in [5.74, 6) is 0. The fourth-order valence-electron chi connectivity index (χ4n) is 2.66. The maximum absolute atomic E-state index is 6.17. The smallest absolute Gasteiger partial charge is 0.184 e. The van der Waals surface area contributed by atoms with E-state index in [1.54, 1.807) is 7.11 Å². The van der Waals surface area contributed by atoms with E-state index in [9.17, 15) is 0 Å². The maximum atomic E-state index is 6.17. The number of fused-ring (bicyclic) bond motifs is 1. The predicted molar refractivity (Wildman–Crippen MR) is 71.6 cm³/mol. The number of hydrogen-bond donors (Lipinski definition) is 2. The van der Waals surface area contributed by atoms with Crippen molar-refractivity contribution in [3.8, 4) is 0 Å². The molecule has 6 heteroatoms. The predicted octanol–water partition coefficient (Wildman–Crippen LogP) is 0.127. The molecule has 2 fully saturated rings. The lowest BCUT2D eigenvalue weighted by molar-refractivity contribution is -0.321. The third kappa shape index (κ3) is 2.46. The van der Waals surface area contributed by atoms with Gasteiger partial charge in [-0.25, -0.2) is 0 Å². The van der Waals surface area contributed by atoms with Crippen molar-refractivity contribution in [1.82, 2.24) is 0 Å². The van der Waals surface area contributed by atoms with Crippen LogP contribution in [0, 0.1) is 0 Å². The summed E-state index contributed by atoms with van der Waals surface area (Å²) in [5, 5.41) is 0. The quantitative estimate of drug-likeness (QED) is 0.800. The van der Waals surface area contributed by atoms with Crippen LogP contribution in [0.5, 0.6) is 0 Å². The van der Waals surface area contributed by atoms with Crippen molar-refractivity contribution >= 4 is 0 Å². The molecule has 20 heavy (non-hydrogen) atoms. The van der Waals surface area contributed by atoms with Gasteiger partial charge in [-0.05, 0) is 0 Å². The zero-order valence-electron chi connectivity index (χ0n) is 11.3. The van der Waals surface area contributed by atoms with E-state index in [1.165, 1.54) is 0 Å². The van der Waals surface area contributed by atoms with Crippen LogP contribution in [0.3, 0.4) is 0 Å². The highest BCUT2D eigenvalue weighted by atomic mass is 16.7. The zero-order chi connectivity index (χ0) is 14.1. The average Bonchev–Trinajstić information content (AvgIpc) is 2.51. The lowest BCUT2D eigenvalue weighted by Gasteiger charge is -2.47. The van der Waals surface area contributed by atoms with Crippen LogP contribution in [0.2, 0.25) is 0 Å². The normalized spacial score (nSPS) is 41.1. The van der Waals surface area contributed by atoms with Crippen LogP contribution >= 0.6 is 0 Å². The molecular formula is C14H20N2O4. The molecule has 0 radical (unpaired) electrons. The van der Waals surface area contributed by atoms with Gasteiger partial charge in [0, 0.05) is 12.7 Å². The lowest BCUT2D eigenvalue weighted by atomic mass is 9.94. The number of hydrogen-bond acceptors (Lipinski definition) is 6. The molecule has 0 spiro atoms. The molecule has 110 valence electrons. The first-order valence-electron chi connectivity index (χ1n) is 6.72. The minimum atomic E-state index is -0.522. The van der Waals surface area contributed by atoms with Gasteiger partial charge in [-0.2, -0.15) is 0 Å². The SMILES string of the molecule is CO[C@@H]1O[C@H]2CO[C@H](c3ccccc3)O[C@H]2[C@@H](N)[C@@H]1N. The van der Waals surface area contributed by atoms with Crippen molar-refractivity contribution in [2.75, 3.05) is 13.7 Å². The Bertz CT molecular complexity index is 442. The second-order valence-corrected chi connectivity index (χ2v) is 5.11. The second-order valence-electron chi connectivity index (χ2n) is 5.11. The molecule has 0 bridgehead atoms. The number of nitrogens with two attached hydrogens (primary N) is 2. The van der Waals surface area contributed by atoms with E-state index in [4.69, 9.17) is 30.4 Å². The van der Waals surface area contributed by atoms with Crippen molar-refractivity contribution in [3.63, 3.8) is 0 Å². The van der Waals surface area contributed by atoms with E-state index in [2.05, 4.69) is 0 Å². The minimum absolute atomic E-state index is 0.255. The molecule has 1 aromatic carbocycles. The van der Waals surface area contributed by atoms with Crippen molar-refractivity contribution in [3.05, 3.63) is 35.9 Å². The fraction of sp³-hybridized carbons (Fsp3) is 0.571. The Morgan fingerprint density at radius 2 is 1.85 bits per heavy atom. The van der Waals surface area contributed by atoms with Gasteiger partial charge in [0.05, 0.1) is 18.7 Å². The summed E-state index contributed by atoms with van der Waals surface area (Å²) in [6.07, 6.45) is -1.50. The Kier molecular flexibility index (Phi) is 4.02. The molecule has 1 aromatic rings. The Morgan fingerprint density at radius 1 is 1.10 bits per heavy atom. The molecule has 4 N–H and O–H groups in total. The Hall–Kier alpha value is -1.02. The van der Waals surface area contributed by atoms with Gasteiger partial charge in [-0.1, -0.05) is 30.3 Å². The monoisotopic (exact) mass is 280 g/mol.